The van der Waals surface area contributed by atoms with Gasteiger partial charge in [0.1, 0.15) is 4.90 Å². The Balaban J connectivity index is 1.47. The molecule has 0 unspecified atom stereocenters. The van der Waals surface area contributed by atoms with Gasteiger partial charge in [-0.3, -0.25) is 4.79 Å². The minimum absolute atomic E-state index is 0.0152. The SMILES string of the molecule is O=C(C1CCN(S(=O)(=O)c2cc(Cl)ccc2Cl)CC1)N1CCCc2ccccc21. The summed E-state index contributed by atoms with van der Waals surface area (Å²) < 4.78 is 27.4. The number of sulfonamides is 1. The average molecular weight is 453 g/mol. The van der Waals surface area contributed by atoms with Crippen LogP contribution in [0.2, 0.25) is 10.0 Å². The van der Waals surface area contributed by atoms with Crippen molar-refractivity contribution in [1.29, 1.82) is 0 Å². The smallest absolute Gasteiger partial charge is 0.244 e. The quantitative estimate of drug-likeness (QED) is 0.694. The summed E-state index contributed by atoms with van der Waals surface area (Å²) in [5.74, 6) is -0.0857. The Kier molecular flexibility index (Phi) is 5.89. The highest BCUT2D eigenvalue weighted by Gasteiger charge is 2.35. The van der Waals surface area contributed by atoms with Crippen LogP contribution in [-0.2, 0) is 21.2 Å². The van der Waals surface area contributed by atoms with Crippen molar-refractivity contribution >= 4 is 44.8 Å². The minimum atomic E-state index is -3.75. The molecule has 154 valence electrons. The number of nitrogens with zero attached hydrogens (tertiary/aromatic N) is 2. The van der Waals surface area contributed by atoms with Crippen molar-refractivity contribution in [2.45, 2.75) is 30.6 Å². The van der Waals surface area contributed by atoms with Crippen LogP contribution in [0.25, 0.3) is 0 Å². The second kappa shape index (κ2) is 8.26. The number of carbonyl (C=O) groups excluding carboxylic acids is 1. The number of carbonyl (C=O) groups is 1. The van der Waals surface area contributed by atoms with Gasteiger partial charge in [-0.15, -0.1) is 0 Å². The summed E-state index contributed by atoms with van der Waals surface area (Å²) in [6, 6.07) is 12.4. The maximum Gasteiger partial charge on any atom is 0.244 e. The summed E-state index contributed by atoms with van der Waals surface area (Å²) in [6.07, 6.45) is 2.92. The molecule has 0 spiro atoms. The number of fused-ring (bicyclic) bond motifs is 1. The zero-order valence-corrected chi connectivity index (χ0v) is 18.2. The summed E-state index contributed by atoms with van der Waals surface area (Å²) in [6.45, 7) is 1.29. The number of anilines is 1. The molecule has 0 atom stereocenters. The van der Waals surface area contributed by atoms with Gasteiger partial charge < -0.3 is 4.90 Å². The van der Waals surface area contributed by atoms with E-state index in [4.69, 9.17) is 23.2 Å². The number of piperidine rings is 1. The van der Waals surface area contributed by atoms with Crippen LogP contribution in [0.4, 0.5) is 5.69 Å². The highest BCUT2D eigenvalue weighted by atomic mass is 35.5. The monoisotopic (exact) mass is 452 g/mol. The summed E-state index contributed by atoms with van der Waals surface area (Å²) in [4.78, 5) is 15.1. The molecule has 0 bridgehead atoms. The van der Waals surface area contributed by atoms with Crippen molar-refractivity contribution in [3.63, 3.8) is 0 Å². The van der Waals surface area contributed by atoms with Gasteiger partial charge in [-0.05, 0) is 55.5 Å². The van der Waals surface area contributed by atoms with E-state index in [0.29, 0.717) is 24.4 Å². The van der Waals surface area contributed by atoms with E-state index in [1.54, 1.807) is 6.07 Å². The fraction of sp³-hybridized carbons (Fsp3) is 0.381. The number of aryl methyl sites for hydroxylation is 1. The number of rotatable bonds is 3. The van der Waals surface area contributed by atoms with Gasteiger partial charge in [0.15, 0.2) is 0 Å². The molecular weight excluding hydrogens is 431 g/mol. The second-order valence-electron chi connectivity index (χ2n) is 7.48. The van der Waals surface area contributed by atoms with E-state index >= 15 is 0 Å². The molecule has 29 heavy (non-hydrogen) atoms. The molecule has 0 aromatic heterocycles. The molecule has 2 aromatic carbocycles. The van der Waals surface area contributed by atoms with Crippen LogP contribution < -0.4 is 4.90 Å². The van der Waals surface area contributed by atoms with Crippen LogP contribution in [-0.4, -0.2) is 38.3 Å². The lowest BCUT2D eigenvalue weighted by atomic mass is 9.94. The molecule has 2 aliphatic rings. The lowest BCUT2D eigenvalue weighted by Crippen LogP contribution is -2.45. The lowest BCUT2D eigenvalue weighted by molar-refractivity contribution is -0.123. The summed E-state index contributed by atoms with van der Waals surface area (Å²) in [5, 5.41) is 0.472. The molecule has 0 N–H and O–H groups in total. The fourth-order valence-electron chi connectivity index (χ4n) is 4.14. The third-order valence-corrected chi connectivity index (χ3v) is 8.31. The van der Waals surface area contributed by atoms with E-state index in [1.807, 2.05) is 23.1 Å². The van der Waals surface area contributed by atoms with E-state index in [2.05, 4.69) is 6.07 Å². The molecule has 0 saturated carbocycles. The number of para-hydroxylation sites is 1. The number of benzene rings is 2. The van der Waals surface area contributed by atoms with Crippen molar-refractivity contribution in [2.24, 2.45) is 5.92 Å². The van der Waals surface area contributed by atoms with Gasteiger partial charge in [0.05, 0.1) is 5.02 Å². The first kappa shape index (κ1) is 20.7. The molecule has 2 aliphatic heterocycles. The van der Waals surface area contributed by atoms with Gasteiger partial charge in [0.25, 0.3) is 0 Å². The van der Waals surface area contributed by atoms with Gasteiger partial charge in [-0.25, -0.2) is 8.42 Å². The molecule has 5 nitrogen and oxygen atoms in total. The van der Waals surface area contributed by atoms with E-state index in [9.17, 15) is 13.2 Å². The first-order valence-corrected chi connectivity index (χ1v) is 11.9. The largest absolute Gasteiger partial charge is 0.312 e. The maximum absolute atomic E-state index is 13.2. The number of hydrogen-bond donors (Lipinski definition) is 0. The Hall–Kier alpha value is -1.60. The zero-order valence-electron chi connectivity index (χ0n) is 15.9. The molecule has 2 aromatic rings. The van der Waals surface area contributed by atoms with Gasteiger partial charge in [0.2, 0.25) is 15.9 Å². The van der Waals surface area contributed by atoms with Crippen LogP contribution >= 0.6 is 23.2 Å². The van der Waals surface area contributed by atoms with Crippen LogP contribution in [0, 0.1) is 5.92 Å². The van der Waals surface area contributed by atoms with Gasteiger partial charge in [-0.2, -0.15) is 4.31 Å². The Bertz CT molecular complexity index is 1030. The molecule has 0 aliphatic carbocycles. The van der Waals surface area contributed by atoms with Crippen molar-refractivity contribution in [1.82, 2.24) is 4.31 Å². The Labute approximate surface area is 181 Å². The summed E-state index contributed by atoms with van der Waals surface area (Å²) in [5.41, 5.74) is 2.19. The molecule has 1 fully saturated rings. The van der Waals surface area contributed by atoms with Gasteiger partial charge in [0, 0.05) is 36.3 Å². The molecule has 1 amide bonds. The Morgan fingerprint density at radius 1 is 1.00 bits per heavy atom. The third-order valence-electron chi connectivity index (χ3n) is 5.69. The van der Waals surface area contributed by atoms with Crippen LogP contribution in [0.3, 0.4) is 0 Å². The van der Waals surface area contributed by atoms with Crippen LogP contribution in [0.5, 0.6) is 0 Å². The summed E-state index contributed by atoms with van der Waals surface area (Å²) in [7, 11) is -3.75. The van der Waals surface area contributed by atoms with Crippen molar-refractivity contribution < 1.29 is 13.2 Å². The lowest BCUT2D eigenvalue weighted by Gasteiger charge is -2.36. The van der Waals surface area contributed by atoms with Crippen LogP contribution in [0.15, 0.2) is 47.4 Å². The van der Waals surface area contributed by atoms with Gasteiger partial charge >= 0.3 is 0 Å². The number of amides is 1. The normalized spacial score (nSPS) is 18.5. The third kappa shape index (κ3) is 4.04. The highest BCUT2D eigenvalue weighted by Crippen LogP contribution is 2.33. The molecule has 1 saturated heterocycles. The van der Waals surface area contributed by atoms with E-state index in [1.165, 1.54) is 22.0 Å². The molecule has 2 heterocycles. The predicted molar refractivity (Wildman–Crippen MR) is 115 cm³/mol. The molecule has 8 heteroatoms. The van der Waals surface area contributed by atoms with E-state index in [-0.39, 0.29) is 34.8 Å². The Morgan fingerprint density at radius 3 is 2.48 bits per heavy atom. The first-order chi connectivity index (χ1) is 13.9. The number of halogens is 2. The molecule has 4 rings (SSSR count). The zero-order chi connectivity index (χ0) is 20.6. The van der Waals surface area contributed by atoms with E-state index < -0.39 is 10.0 Å². The average Bonchev–Trinajstić information content (AvgIpc) is 2.74. The van der Waals surface area contributed by atoms with Crippen molar-refractivity contribution in [2.75, 3.05) is 24.5 Å². The maximum atomic E-state index is 13.2. The summed E-state index contributed by atoms with van der Waals surface area (Å²) >= 11 is 12.1. The van der Waals surface area contributed by atoms with Crippen LogP contribution in [0.1, 0.15) is 24.8 Å². The van der Waals surface area contributed by atoms with Crippen molar-refractivity contribution in [3.05, 3.63) is 58.1 Å². The first-order valence-electron chi connectivity index (χ1n) is 9.72. The highest BCUT2D eigenvalue weighted by molar-refractivity contribution is 7.89. The van der Waals surface area contributed by atoms with E-state index in [0.717, 1.165) is 18.5 Å². The fourth-order valence-corrected chi connectivity index (χ4v) is 6.35. The topological polar surface area (TPSA) is 57.7 Å². The standard InChI is InChI=1S/C21H22Cl2N2O3S/c22-17-7-8-18(23)20(14-17)29(27,28)24-12-9-16(10-13-24)21(26)25-11-3-5-15-4-1-2-6-19(15)25/h1-2,4,6-8,14,16H,3,5,9-13H2. The minimum Gasteiger partial charge on any atom is -0.312 e. The second-order valence-corrected chi connectivity index (χ2v) is 10.2. The molecule has 0 radical (unpaired) electrons. The Morgan fingerprint density at radius 2 is 1.72 bits per heavy atom. The number of hydrogen-bond acceptors (Lipinski definition) is 3. The predicted octanol–water partition coefficient (Wildman–Crippen LogP) is 4.37. The van der Waals surface area contributed by atoms with Gasteiger partial charge in [-0.1, -0.05) is 41.4 Å². The molecular formula is C21H22Cl2N2O3S. The van der Waals surface area contributed by atoms with Crippen molar-refractivity contribution in [3.8, 4) is 0 Å².